The van der Waals surface area contributed by atoms with E-state index in [4.69, 9.17) is 10.8 Å². The van der Waals surface area contributed by atoms with Gasteiger partial charge in [-0.25, -0.2) is 0 Å². The molecule has 0 aromatic rings. The predicted octanol–water partition coefficient (Wildman–Crippen LogP) is -0.261. The van der Waals surface area contributed by atoms with Gasteiger partial charge in [-0.3, -0.25) is 4.79 Å². The Labute approximate surface area is 72.3 Å². The van der Waals surface area contributed by atoms with Crippen molar-refractivity contribution in [3.63, 3.8) is 0 Å². The van der Waals surface area contributed by atoms with Crippen molar-refractivity contribution < 1.29 is 9.90 Å². The van der Waals surface area contributed by atoms with Crippen LogP contribution in [0.25, 0.3) is 0 Å². The molecule has 0 radical (unpaired) electrons. The lowest BCUT2D eigenvalue weighted by atomic mass is 9.97. The zero-order valence-corrected chi connectivity index (χ0v) is 7.53. The van der Waals surface area contributed by atoms with Gasteiger partial charge in [-0.2, -0.15) is 0 Å². The van der Waals surface area contributed by atoms with Crippen LogP contribution in [-0.2, 0) is 4.79 Å². The summed E-state index contributed by atoms with van der Waals surface area (Å²) >= 11 is 0. The second-order valence-electron chi connectivity index (χ2n) is 3.62. The lowest BCUT2D eigenvalue weighted by Crippen LogP contribution is -2.37. The molecular weight excluding hydrogens is 156 g/mol. The molecule has 1 heterocycles. The van der Waals surface area contributed by atoms with Crippen molar-refractivity contribution in [2.75, 3.05) is 13.6 Å². The molecular formula is C8H16N2O2. The topological polar surface area (TPSA) is 66.6 Å². The summed E-state index contributed by atoms with van der Waals surface area (Å²) in [6.45, 7) is 2.83. The molecule has 70 valence electrons. The zero-order valence-electron chi connectivity index (χ0n) is 7.53. The number of nitrogens with two attached hydrogens (primary N) is 1. The molecule has 1 fully saturated rings. The third-order valence-corrected chi connectivity index (χ3v) is 2.76. The number of likely N-dealkylation sites (tertiary alicyclic amines) is 1. The van der Waals surface area contributed by atoms with Gasteiger partial charge in [0.05, 0.1) is 6.42 Å². The van der Waals surface area contributed by atoms with Crippen molar-refractivity contribution in [1.29, 1.82) is 0 Å². The van der Waals surface area contributed by atoms with Crippen LogP contribution >= 0.6 is 0 Å². The molecule has 1 saturated heterocycles. The van der Waals surface area contributed by atoms with E-state index in [2.05, 4.69) is 4.90 Å². The molecule has 0 aromatic heterocycles. The van der Waals surface area contributed by atoms with Crippen LogP contribution in [0, 0.1) is 5.92 Å². The second kappa shape index (κ2) is 3.41. The summed E-state index contributed by atoms with van der Waals surface area (Å²) in [5, 5.41) is 8.59. The van der Waals surface area contributed by atoms with E-state index in [0.29, 0.717) is 6.04 Å². The van der Waals surface area contributed by atoms with E-state index in [1.807, 2.05) is 14.0 Å². The van der Waals surface area contributed by atoms with Crippen LogP contribution in [0.4, 0.5) is 0 Å². The number of carboxylic acids is 1. The zero-order chi connectivity index (χ0) is 9.30. The molecule has 12 heavy (non-hydrogen) atoms. The van der Waals surface area contributed by atoms with Gasteiger partial charge in [0.15, 0.2) is 0 Å². The highest BCUT2D eigenvalue weighted by atomic mass is 16.4. The van der Waals surface area contributed by atoms with Gasteiger partial charge in [0.25, 0.3) is 0 Å². The Kier molecular flexibility index (Phi) is 2.69. The fraction of sp³-hybridized carbons (Fsp3) is 0.875. The molecule has 4 nitrogen and oxygen atoms in total. The highest BCUT2D eigenvalue weighted by Gasteiger charge is 2.35. The minimum atomic E-state index is -0.752. The summed E-state index contributed by atoms with van der Waals surface area (Å²) in [7, 11) is 1.98. The van der Waals surface area contributed by atoms with Crippen LogP contribution < -0.4 is 5.73 Å². The SMILES string of the molecule is CC1C(N)C(CC(=O)O)CN1C. The van der Waals surface area contributed by atoms with E-state index in [1.54, 1.807) is 0 Å². The minimum absolute atomic E-state index is 0.00565. The van der Waals surface area contributed by atoms with Crippen LogP contribution in [0.3, 0.4) is 0 Å². The van der Waals surface area contributed by atoms with Crippen LogP contribution in [0.1, 0.15) is 13.3 Å². The Morgan fingerprint density at radius 2 is 2.33 bits per heavy atom. The van der Waals surface area contributed by atoms with Gasteiger partial charge in [0.2, 0.25) is 0 Å². The molecule has 0 aliphatic carbocycles. The number of hydrogen-bond donors (Lipinski definition) is 2. The van der Waals surface area contributed by atoms with Gasteiger partial charge in [-0.05, 0) is 19.9 Å². The molecule has 3 atom stereocenters. The number of nitrogens with zero attached hydrogens (tertiary/aromatic N) is 1. The number of likely N-dealkylation sites (N-methyl/N-ethyl adjacent to an activating group) is 1. The lowest BCUT2D eigenvalue weighted by molar-refractivity contribution is -0.138. The highest BCUT2D eigenvalue weighted by molar-refractivity contribution is 5.67. The largest absolute Gasteiger partial charge is 0.481 e. The molecule has 3 unspecified atom stereocenters. The first-order valence-electron chi connectivity index (χ1n) is 4.20. The number of carboxylic acid groups (broad SMARTS) is 1. The van der Waals surface area contributed by atoms with E-state index >= 15 is 0 Å². The van der Waals surface area contributed by atoms with Crippen LogP contribution in [0.5, 0.6) is 0 Å². The van der Waals surface area contributed by atoms with E-state index in [1.165, 1.54) is 0 Å². The standard InChI is InChI=1S/C8H16N2O2/c1-5-8(9)6(3-7(11)12)4-10(5)2/h5-6,8H,3-4,9H2,1-2H3,(H,11,12). The Hall–Kier alpha value is -0.610. The van der Waals surface area contributed by atoms with Crippen molar-refractivity contribution in [3.8, 4) is 0 Å². The third kappa shape index (κ3) is 1.76. The van der Waals surface area contributed by atoms with Crippen molar-refractivity contribution in [2.45, 2.75) is 25.4 Å². The molecule has 1 aliphatic rings. The average Bonchev–Trinajstić information content (AvgIpc) is 2.17. The van der Waals surface area contributed by atoms with Crippen molar-refractivity contribution in [2.24, 2.45) is 11.7 Å². The van der Waals surface area contributed by atoms with Crippen molar-refractivity contribution in [3.05, 3.63) is 0 Å². The molecule has 1 aliphatic heterocycles. The summed E-state index contributed by atoms with van der Waals surface area (Å²) in [6.07, 6.45) is 0.190. The maximum Gasteiger partial charge on any atom is 0.303 e. The normalized spacial score (nSPS) is 37.1. The second-order valence-corrected chi connectivity index (χ2v) is 3.62. The molecule has 0 amide bonds. The molecule has 0 aromatic carbocycles. The summed E-state index contributed by atoms with van der Waals surface area (Å²) in [4.78, 5) is 12.5. The van der Waals surface area contributed by atoms with Gasteiger partial charge < -0.3 is 15.7 Å². The molecule has 3 N–H and O–H groups in total. The number of aliphatic carboxylic acids is 1. The summed E-state index contributed by atoms with van der Waals surface area (Å²) in [5.74, 6) is -0.638. The maximum atomic E-state index is 10.4. The lowest BCUT2D eigenvalue weighted by Gasteiger charge is -2.17. The molecule has 1 rings (SSSR count). The van der Waals surface area contributed by atoms with Crippen LogP contribution in [0.15, 0.2) is 0 Å². The summed E-state index contributed by atoms with van der Waals surface area (Å²) < 4.78 is 0. The van der Waals surface area contributed by atoms with E-state index in [-0.39, 0.29) is 18.4 Å². The summed E-state index contributed by atoms with van der Waals surface area (Å²) in [5.41, 5.74) is 5.86. The van der Waals surface area contributed by atoms with Crippen molar-refractivity contribution in [1.82, 2.24) is 4.90 Å². The number of carbonyl (C=O) groups is 1. The van der Waals surface area contributed by atoms with Gasteiger partial charge in [0, 0.05) is 18.6 Å². The first-order valence-corrected chi connectivity index (χ1v) is 4.20. The molecule has 0 saturated carbocycles. The first kappa shape index (κ1) is 9.48. The maximum absolute atomic E-state index is 10.4. The Morgan fingerprint density at radius 3 is 2.67 bits per heavy atom. The number of rotatable bonds is 2. The fourth-order valence-corrected chi connectivity index (χ4v) is 1.77. The van der Waals surface area contributed by atoms with E-state index < -0.39 is 5.97 Å². The average molecular weight is 172 g/mol. The van der Waals surface area contributed by atoms with Gasteiger partial charge in [0.1, 0.15) is 0 Å². The Bertz CT molecular complexity index is 184. The van der Waals surface area contributed by atoms with Crippen LogP contribution in [0.2, 0.25) is 0 Å². The van der Waals surface area contributed by atoms with E-state index in [0.717, 1.165) is 6.54 Å². The van der Waals surface area contributed by atoms with Crippen LogP contribution in [-0.4, -0.2) is 41.7 Å². The predicted molar refractivity (Wildman–Crippen MR) is 45.8 cm³/mol. The number of hydrogen-bond acceptors (Lipinski definition) is 3. The Morgan fingerprint density at radius 1 is 1.75 bits per heavy atom. The quantitative estimate of drug-likeness (QED) is 0.602. The Balaban J connectivity index is 2.52. The van der Waals surface area contributed by atoms with Crippen molar-refractivity contribution >= 4 is 5.97 Å². The molecule has 0 bridgehead atoms. The summed E-state index contributed by atoms with van der Waals surface area (Å²) in [6, 6.07) is 0.306. The minimum Gasteiger partial charge on any atom is -0.481 e. The fourth-order valence-electron chi connectivity index (χ4n) is 1.77. The highest BCUT2D eigenvalue weighted by Crippen LogP contribution is 2.22. The third-order valence-electron chi connectivity index (χ3n) is 2.76. The monoisotopic (exact) mass is 172 g/mol. The van der Waals surface area contributed by atoms with Gasteiger partial charge >= 0.3 is 5.97 Å². The van der Waals surface area contributed by atoms with E-state index in [9.17, 15) is 4.79 Å². The van der Waals surface area contributed by atoms with Gasteiger partial charge in [-0.1, -0.05) is 0 Å². The molecule has 4 heteroatoms. The molecule has 0 spiro atoms. The smallest absolute Gasteiger partial charge is 0.303 e. The van der Waals surface area contributed by atoms with Gasteiger partial charge in [-0.15, -0.1) is 0 Å². The first-order chi connectivity index (χ1) is 5.52.